The highest BCUT2D eigenvalue weighted by molar-refractivity contribution is 6.10. The maximum absolute atomic E-state index is 12.8. The minimum atomic E-state index is -4.48. The third-order valence-electron chi connectivity index (χ3n) is 3.35. The number of rotatable bonds is 4. The second-order valence-corrected chi connectivity index (χ2v) is 5.16. The van der Waals surface area contributed by atoms with Gasteiger partial charge in [0.25, 0.3) is 5.91 Å². The van der Waals surface area contributed by atoms with E-state index in [1.165, 1.54) is 19.9 Å². The number of hydrogen-bond donors (Lipinski definition) is 1. The molecule has 1 N–H and O–H groups in total. The highest BCUT2D eigenvalue weighted by Crippen LogP contribution is 2.33. The normalized spacial score (nSPS) is 11.3. The van der Waals surface area contributed by atoms with Gasteiger partial charge in [0.05, 0.1) is 12.2 Å². The molecular formula is C16H15F3N2O4. The van der Waals surface area contributed by atoms with E-state index in [1.807, 2.05) is 0 Å². The van der Waals surface area contributed by atoms with E-state index < -0.39 is 23.6 Å². The second kappa shape index (κ2) is 6.96. The van der Waals surface area contributed by atoms with Crippen molar-refractivity contribution in [1.29, 1.82) is 0 Å². The lowest BCUT2D eigenvalue weighted by atomic mass is 10.1. The molecule has 0 aliphatic heterocycles. The quantitative estimate of drug-likeness (QED) is 0.844. The second-order valence-electron chi connectivity index (χ2n) is 5.16. The van der Waals surface area contributed by atoms with E-state index in [9.17, 15) is 22.8 Å². The molecule has 0 saturated heterocycles. The Hall–Kier alpha value is -2.84. The van der Waals surface area contributed by atoms with Crippen LogP contribution in [0.3, 0.4) is 0 Å². The predicted octanol–water partition coefficient (Wildman–Crippen LogP) is 3.74. The van der Waals surface area contributed by atoms with Crippen LogP contribution in [0.1, 0.15) is 44.7 Å². The Morgan fingerprint density at radius 2 is 1.96 bits per heavy atom. The van der Waals surface area contributed by atoms with E-state index in [0.29, 0.717) is 0 Å². The van der Waals surface area contributed by atoms with E-state index in [0.717, 1.165) is 12.1 Å². The van der Waals surface area contributed by atoms with Crippen LogP contribution in [0.4, 0.5) is 18.9 Å². The number of nitrogens with zero attached hydrogens (tertiary/aromatic N) is 1. The number of nitrogens with one attached hydrogen (secondary N) is 1. The van der Waals surface area contributed by atoms with Gasteiger partial charge in [-0.2, -0.15) is 13.2 Å². The summed E-state index contributed by atoms with van der Waals surface area (Å²) in [5, 5.41) is 5.93. The standard InChI is InChI=1S/C16H15F3N2O4/c1-4-24-15(23)13-12(9(3)25-21-13)14(22)20-10-5-6-11(8(2)7-10)16(17,18)19/h5-7H,4H2,1-3H3,(H,20,22). The molecule has 0 radical (unpaired) electrons. The van der Waals surface area contributed by atoms with E-state index >= 15 is 0 Å². The lowest BCUT2D eigenvalue weighted by Crippen LogP contribution is -2.18. The Bertz CT molecular complexity index is 812. The Morgan fingerprint density at radius 1 is 1.28 bits per heavy atom. The topological polar surface area (TPSA) is 81.4 Å². The first-order chi connectivity index (χ1) is 11.6. The first-order valence-corrected chi connectivity index (χ1v) is 7.27. The Balaban J connectivity index is 2.28. The number of aryl methyl sites for hydroxylation is 2. The predicted molar refractivity (Wildman–Crippen MR) is 81.3 cm³/mol. The Labute approximate surface area is 140 Å². The summed E-state index contributed by atoms with van der Waals surface area (Å²) >= 11 is 0. The molecule has 134 valence electrons. The molecule has 1 aromatic carbocycles. The van der Waals surface area contributed by atoms with E-state index in [1.54, 1.807) is 6.92 Å². The minimum absolute atomic E-state index is 0.0436. The average Bonchev–Trinajstić information content (AvgIpc) is 2.88. The third-order valence-corrected chi connectivity index (χ3v) is 3.35. The molecule has 25 heavy (non-hydrogen) atoms. The number of carbonyl (C=O) groups excluding carboxylic acids is 2. The molecule has 1 amide bonds. The van der Waals surface area contributed by atoms with E-state index in [4.69, 9.17) is 9.26 Å². The zero-order chi connectivity index (χ0) is 18.8. The number of amides is 1. The SMILES string of the molecule is CCOC(=O)c1noc(C)c1C(=O)Nc1ccc(C(F)(F)F)c(C)c1. The van der Waals surface area contributed by atoms with Gasteiger partial charge in [-0.05, 0) is 44.5 Å². The number of ether oxygens (including phenoxy) is 1. The average molecular weight is 356 g/mol. The van der Waals surface area contributed by atoms with Crippen molar-refractivity contribution in [3.05, 3.63) is 46.3 Å². The summed E-state index contributed by atoms with van der Waals surface area (Å²) in [5.41, 5.74) is -1.11. The fraction of sp³-hybridized carbons (Fsp3) is 0.312. The van der Waals surface area contributed by atoms with Crippen molar-refractivity contribution in [3.8, 4) is 0 Å². The van der Waals surface area contributed by atoms with Gasteiger partial charge >= 0.3 is 12.1 Å². The van der Waals surface area contributed by atoms with Crippen LogP contribution in [0.2, 0.25) is 0 Å². The number of anilines is 1. The van der Waals surface area contributed by atoms with Gasteiger partial charge in [0, 0.05) is 5.69 Å². The molecule has 2 rings (SSSR count). The largest absolute Gasteiger partial charge is 0.461 e. The third kappa shape index (κ3) is 3.98. The zero-order valence-electron chi connectivity index (χ0n) is 13.7. The molecule has 0 unspecified atom stereocenters. The van der Waals surface area contributed by atoms with Crippen LogP contribution in [0.15, 0.2) is 22.7 Å². The summed E-state index contributed by atoms with van der Waals surface area (Å²) in [7, 11) is 0. The van der Waals surface area contributed by atoms with E-state index in [2.05, 4.69) is 10.5 Å². The minimum Gasteiger partial charge on any atom is -0.461 e. The van der Waals surface area contributed by atoms with Gasteiger partial charge in [0.2, 0.25) is 5.69 Å². The molecule has 0 bridgehead atoms. The molecule has 1 heterocycles. The zero-order valence-corrected chi connectivity index (χ0v) is 13.7. The maximum Gasteiger partial charge on any atom is 0.416 e. The van der Waals surface area contributed by atoms with Crippen LogP contribution in [-0.2, 0) is 10.9 Å². The highest BCUT2D eigenvalue weighted by atomic mass is 19.4. The molecule has 0 spiro atoms. The van der Waals surface area contributed by atoms with Gasteiger partial charge in [-0.1, -0.05) is 5.16 Å². The smallest absolute Gasteiger partial charge is 0.416 e. The highest BCUT2D eigenvalue weighted by Gasteiger charge is 2.32. The van der Waals surface area contributed by atoms with Crippen LogP contribution < -0.4 is 5.32 Å². The number of esters is 1. The van der Waals surface area contributed by atoms with Gasteiger partial charge in [-0.25, -0.2) is 4.79 Å². The number of carbonyl (C=O) groups is 2. The van der Waals surface area contributed by atoms with Crippen molar-refractivity contribution in [2.45, 2.75) is 26.9 Å². The van der Waals surface area contributed by atoms with Crippen LogP contribution in [-0.4, -0.2) is 23.6 Å². The number of benzene rings is 1. The summed E-state index contributed by atoms with van der Waals surface area (Å²) in [6, 6.07) is 3.19. The van der Waals surface area contributed by atoms with Crippen molar-refractivity contribution in [2.75, 3.05) is 11.9 Å². The van der Waals surface area contributed by atoms with Gasteiger partial charge in [-0.15, -0.1) is 0 Å². The van der Waals surface area contributed by atoms with Crippen molar-refractivity contribution < 1.29 is 32.0 Å². The molecule has 9 heteroatoms. The summed E-state index contributed by atoms with van der Waals surface area (Å²) in [5.74, 6) is -1.47. The van der Waals surface area contributed by atoms with Gasteiger partial charge in [0.15, 0.2) is 0 Å². The summed E-state index contributed by atoms with van der Waals surface area (Å²) in [6.45, 7) is 4.40. The lowest BCUT2D eigenvalue weighted by Gasteiger charge is -2.12. The van der Waals surface area contributed by atoms with E-state index in [-0.39, 0.29) is 34.9 Å². The molecule has 6 nitrogen and oxygen atoms in total. The number of halogens is 3. The molecule has 0 aliphatic rings. The van der Waals surface area contributed by atoms with Crippen molar-refractivity contribution in [2.24, 2.45) is 0 Å². The van der Waals surface area contributed by atoms with Crippen LogP contribution >= 0.6 is 0 Å². The molecule has 2 aromatic rings. The molecule has 0 aliphatic carbocycles. The summed E-state index contributed by atoms with van der Waals surface area (Å²) < 4.78 is 48.0. The molecule has 0 atom stereocenters. The van der Waals surface area contributed by atoms with Crippen LogP contribution in [0, 0.1) is 13.8 Å². The first-order valence-electron chi connectivity index (χ1n) is 7.27. The molecule has 0 saturated carbocycles. The van der Waals surface area contributed by atoms with Gasteiger partial charge < -0.3 is 14.6 Å². The molecule has 0 fully saturated rings. The van der Waals surface area contributed by atoms with Crippen LogP contribution in [0.5, 0.6) is 0 Å². The van der Waals surface area contributed by atoms with Crippen molar-refractivity contribution in [1.82, 2.24) is 5.16 Å². The first kappa shape index (κ1) is 18.5. The molecule has 1 aromatic heterocycles. The molecular weight excluding hydrogens is 341 g/mol. The fourth-order valence-corrected chi connectivity index (χ4v) is 2.23. The lowest BCUT2D eigenvalue weighted by molar-refractivity contribution is -0.138. The fourth-order valence-electron chi connectivity index (χ4n) is 2.23. The van der Waals surface area contributed by atoms with Crippen molar-refractivity contribution >= 4 is 17.6 Å². The summed E-state index contributed by atoms with van der Waals surface area (Å²) in [4.78, 5) is 24.2. The number of hydrogen-bond acceptors (Lipinski definition) is 5. The van der Waals surface area contributed by atoms with Crippen molar-refractivity contribution in [3.63, 3.8) is 0 Å². The summed E-state index contributed by atoms with van der Waals surface area (Å²) in [6.07, 6.45) is -4.48. The monoisotopic (exact) mass is 356 g/mol. The Morgan fingerprint density at radius 3 is 2.52 bits per heavy atom. The Kier molecular flexibility index (Phi) is 5.15. The van der Waals surface area contributed by atoms with Crippen LogP contribution in [0.25, 0.3) is 0 Å². The maximum atomic E-state index is 12.8. The number of aromatic nitrogens is 1. The van der Waals surface area contributed by atoms with Gasteiger partial charge in [0.1, 0.15) is 11.3 Å². The van der Waals surface area contributed by atoms with Gasteiger partial charge in [-0.3, -0.25) is 4.79 Å². The number of alkyl halides is 3.